The Morgan fingerprint density at radius 3 is 2.39 bits per heavy atom. The predicted molar refractivity (Wildman–Crippen MR) is 77.5 cm³/mol. The fourth-order valence-electron chi connectivity index (χ4n) is 1.59. The Hall–Kier alpha value is -1.12. The van der Waals surface area contributed by atoms with Crippen molar-refractivity contribution in [3.63, 3.8) is 0 Å². The van der Waals surface area contributed by atoms with E-state index >= 15 is 0 Å². The van der Waals surface area contributed by atoms with Crippen LogP contribution in [0.2, 0.25) is 0 Å². The third-order valence-electron chi connectivity index (χ3n) is 3.05. The zero-order valence-corrected chi connectivity index (χ0v) is 11.9. The third kappa shape index (κ3) is 5.03. The van der Waals surface area contributed by atoms with Crippen LogP contribution in [0.15, 0.2) is 42.5 Å². The van der Waals surface area contributed by atoms with Crippen LogP contribution in [-0.4, -0.2) is 17.8 Å². The summed E-state index contributed by atoms with van der Waals surface area (Å²) in [5, 5.41) is 13.3. The summed E-state index contributed by atoms with van der Waals surface area (Å²) in [6.45, 7) is 9.00. The molecule has 0 saturated heterocycles. The molecule has 0 saturated carbocycles. The molecule has 0 aliphatic carbocycles. The summed E-state index contributed by atoms with van der Waals surface area (Å²) in [5.74, 6) is 0. The maximum absolute atomic E-state index is 9.85. The Morgan fingerprint density at radius 2 is 1.83 bits per heavy atom. The molecule has 18 heavy (non-hydrogen) atoms. The van der Waals surface area contributed by atoms with Gasteiger partial charge in [-0.25, -0.2) is 0 Å². The molecule has 0 radical (unpaired) electrons. The first kappa shape index (κ1) is 14.9. The largest absolute Gasteiger partial charge is 0.388 e. The zero-order chi connectivity index (χ0) is 13.6. The van der Waals surface area contributed by atoms with Gasteiger partial charge in [-0.1, -0.05) is 63.3 Å². The number of hydrogen-bond acceptors (Lipinski definition) is 2. The van der Waals surface area contributed by atoms with Gasteiger partial charge >= 0.3 is 0 Å². The van der Waals surface area contributed by atoms with Gasteiger partial charge in [0.25, 0.3) is 0 Å². The highest BCUT2D eigenvalue weighted by molar-refractivity contribution is 5.18. The van der Waals surface area contributed by atoms with Gasteiger partial charge in [0.15, 0.2) is 0 Å². The molecular weight excluding hydrogens is 222 g/mol. The van der Waals surface area contributed by atoms with E-state index in [9.17, 15) is 5.11 Å². The summed E-state index contributed by atoms with van der Waals surface area (Å²) in [7, 11) is 0. The van der Waals surface area contributed by atoms with Crippen molar-refractivity contribution in [3.8, 4) is 0 Å². The van der Waals surface area contributed by atoms with Crippen molar-refractivity contribution in [2.45, 2.75) is 39.8 Å². The Labute approximate surface area is 111 Å². The molecule has 0 amide bonds. The number of aliphatic hydroxyl groups excluding tert-OH is 1. The van der Waals surface area contributed by atoms with Crippen LogP contribution in [0.25, 0.3) is 0 Å². The molecule has 100 valence electrons. The third-order valence-corrected chi connectivity index (χ3v) is 3.05. The predicted octanol–water partition coefficient (Wildman–Crippen LogP) is 3.30. The summed E-state index contributed by atoms with van der Waals surface area (Å²) in [6.07, 6.45) is 3.46. The Morgan fingerprint density at radius 1 is 1.22 bits per heavy atom. The molecule has 2 heteroatoms. The van der Waals surface area contributed by atoms with Crippen LogP contribution in [0.5, 0.6) is 0 Å². The molecule has 1 aromatic rings. The molecular formula is C16H25NO. The van der Waals surface area contributed by atoms with E-state index in [1.165, 1.54) is 5.56 Å². The lowest BCUT2D eigenvalue weighted by Crippen LogP contribution is -2.24. The normalized spacial score (nSPS) is 15.8. The van der Waals surface area contributed by atoms with Gasteiger partial charge < -0.3 is 10.4 Å². The molecule has 1 aromatic carbocycles. The molecule has 0 aromatic heterocycles. The molecule has 0 fully saturated rings. The Bertz CT molecular complexity index is 364. The highest BCUT2D eigenvalue weighted by Crippen LogP contribution is 2.19. The number of hydrogen-bond donors (Lipinski definition) is 2. The highest BCUT2D eigenvalue weighted by Gasteiger charge is 2.18. The second kappa shape index (κ2) is 6.72. The SMILES string of the molecule is C[C@@H](NC/C=C\[C@H](O)C(C)(C)C)c1ccccc1. The second-order valence-electron chi connectivity index (χ2n) is 5.78. The summed E-state index contributed by atoms with van der Waals surface area (Å²) in [6, 6.07) is 10.7. The molecule has 0 aliphatic rings. The smallest absolute Gasteiger partial charge is 0.0769 e. The van der Waals surface area contributed by atoms with E-state index in [0.29, 0.717) is 6.04 Å². The van der Waals surface area contributed by atoms with E-state index in [1.54, 1.807) is 0 Å². The summed E-state index contributed by atoms with van der Waals surface area (Å²) >= 11 is 0. The van der Waals surface area contributed by atoms with Crippen molar-refractivity contribution in [1.29, 1.82) is 0 Å². The average Bonchev–Trinajstić information content (AvgIpc) is 2.34. The number of aliphatic hydroxyl groups is 1. The van der Waals surface area contributed by atoms with Gasteiger partial charge in [0.1, 0.15) is 0 Å². The van der Waals surface area contributed by atoms with Crippen LogP contribution in [0.1, 0.15) is 39.3 Å². The first-order chi connectivity index (χ1) is 8.41. The second-order valence-corrected chi connectivity index (χ2v) is 5.78. The van der Waals surface area contributed by atoms with E-state index in [2.05, 4.69) is 24.4 Å². The van der Waals surface area contributed by atoms with Gasteiger partial charge in [-0.3, -0.25) is 0 Å². The summed E-state index contributed by atoms with van der Waals surface area (Å²) in [5.41, 5.74) is 1.18. The minimum absolute atomic E-state index is 0.0957. The topological polar surface area (TPSA) is 32.3 Å². The quantitative estimate of drug-likeness (QED) is 0.782. The number of nitrogens with one attached hydrogen (secondary N) is 1. The lowest BCUT2D eigenvalue weighted by molar-refractivity contribution is 0.105. The van der Waals surface area contributed by atoms with E-state index in [0.717, 1.165) is 6.54 Å². The monoisotopic (exact) mass is 247 g/mol. The zero-order valence-electron chi connectivity index (χ0n) is 11.9. The van der Waals surface area contributed by atoms with Crippen LogP contribution in [0.3, 0.4) is 0 Å². The molecule has 2 nitrogen and oxygen atoms in total. The van der Waals surface area contributed by atoms with Crippen molar-refractivity contribution >= 4 is 0 Å². The molecule has 2 N–H and O–H groups in total. The minimum Gasteiger partial charge on any atom is -0.388 e. The fraction of sp³-hybridized carbons (Fsp3) is 0.500. The standard InChI is InChI=1S/C16H25NO/c1-13(14-9-6-5-7-10-14)17-12-8-11-15(18)16(2,3)4/h5-11,13,15,17-18H,12H2,1-4H3/b11-8-/t13-,15+/m1/s1. The Balaban J connectivity index is 2.36. The van der Waals surface area contributed by atoms with E-state index in [1.807, 2.05) is 51.1 Å². The van der Waals surface area contributed by atoms with Crippen LogP contribution in [-0.2, 0) is 0 Å². The number of rotatable bonds is 5. The maximum Gasteiger partial charge on any atom is 0.0769 e. The van der Waals surface area contributed by atoms with Crippen molar-refractivity contribution in [3.05, 3.63) is 48.0 Å². The first-order valence-corrected chi connectivity index (χ1v) is 6.54. The summed E-state index contributed by atoms with van der Waals surface area (Å²) < 4.78 is 0. The van der Waals surface area contributed by atoms with Gasteiger partial charge in [-0.2, -0.15) is 0 Å². The van der Waals surface area contributed by atoms with Crippen molar-refractivity contribution < 1.29 is 5.11 Å². The van der Waals surface area contributed by atoms with Crippen molar-refractivity contribution in [2.24, 2.45) is 5.41 Å². The Kier molecular flexibility index (Phi) is 5.57. The first-order valence-electron chi connectivity index (χ1n) is 6.54. The molecule has 0 heterocycles. The van der Waals surface area contributed by atoms with Crippen LogP contribution in [0.4, 0.5) is 0 Å². The van der Waals surface area contributed by atoms with E-state index in [4.69, 9.17) is 0 Å². The molecule has 1 rings (SSSR count). The van der Waals surface area contributed by atoms with Crippen LogP contribution < -0.4 is 5.32 Å². The fourth-order valence-corrected chi connectivity index (χ4v) is 1.59. The van der Waals surface area contributed by atoms with E-state index in [-0.39, 0.29) is 5.41 Å². The van der Waals surface area contributed by atoms with Gasteiger partial charge in [-0.05, 0) is 17.9 Å². The lowest BCUT2D eigenvalue weighted by Gasteiger charge is -2.22. The van der Waals surface area contributed by atoms with Crippen molar-refractivity contribution in [1.82, 2.24) is 5.32 Å². The summed E-state index contributed by atoms with van der Waals surface area (Å²) in [4.78, 5) is 0. The molecule has 2 atom stereocenters. The van der Waals surface area contributed by atoms with Crippen LogP contribution >= 0.6 is 0 Å². The molecule has 0 spiro atoms. The maximum atomic E-state index is 9.85. The van der Waals surface area contributed by atoms with Gasteiger partial charge in [0.2, 0.25) is 0 Å². The minimum atomic E-state index is -0.397. The number of benzene rings is 1. The average molecular weight is 247 g/mol. The lowest BCUT2D eigenvalue weighted by atomic mass is 9.89. The molecule has 0 bridgehead atoms. The van der Waals surface area contributed by atoms with Gasteiger partial charge in [0, 0.05) is 12.6 Å². The molecule has 0 aliphatic heterocycles. The van der Waals surface area contributed by atoms with Gasteiger partial charge in [0.05, 0.1) is 6.10 Å². The van der Waals surface area contributed by atoms with Gasteiger partial charge in [-0.15, -0.1) is 0 Å². The molecule has 0 unspecified atom stereocenters. The van der Waals surface area contributed by atoms with Crippen molar-refractivity contribution in [2.75, 3.05) is 6.54 Å². The highest BCUT2D eigenvalue weighted by atomic mass is 16.3. The van der Waals surface area contributed by atoms with Crippen LogP contribution in [0, 0.1) is 5.41 Å². The van der Waals surface area contributed by atoms with E-state index < -0.39 is 6.10 Å².